The molecule has 3 aromatic heterocycles. The Kier molecular flexibility index (Phi) is 5.67. The Hall–Kier alpha value is -4.27. The van der Waals surface area contributed by atoms with Crippen molar-refractivity contribution in [3.63, 3.8) is 0 Å². The Labute approximate surface area is 189 Å². The quantitative estimate of drug-likeness (QED) is 0.414. The number of benzene rings is 2. The molecule has 0 aliphatic rings. The largest absolute Gasteiger partial charge is 0.290 e. The third-order valence-corrected chi connectivity index (χ3v) is 5.55. The van der Waals surface area contributed by atoms with Crippen molar-refractivity contribution in [1.29, 1.82) is 0 Å². The van der Waals surface area contributed by atoms with Gasteiger partial charge in [-0.1, -0.05) is 61.9 Å². The predicted octanol–water partition coefficient (Wildman–Crippen LogP) is 3.42. The first kappa shape index (κ1) is 20.6. The van der Waals surface area contributed by atoms with Crippen LogP contribution < -0.4 is 5.56 Å². The van der Waals surface area contributed by atoms with Gasteiger partial charge in [0.2, 0.25) is 5.82 Å². The van der Waals surface area contributed by atoms with E-state index >= 15 is 0 Å². The van der Waals surface area contributed by atoms with E-state index in [4.69, 9.17) is 0 Å². The highest BCUT2D eigenvalue weighted by atomic mass is 16.1. The monoisotopic (exact) mass is 438 g/mol. The van der Waals surface area contributed by atoms with E-state index in [1.807, 2.05) is 48.5 Å². The topological polar surface area (TPSA) is 115 Å². The molecular formula is C24H22N8O. The summed E-state index contributed by atoms with van der Waals surface area (Å²) in [5, 5.41) is 14.4. The van der Waals surface area contributed by atoms with E-state index < -0.39 is 0 Å². The van der Waals surface area contributed by atoms with Gasteiger partial charge in [0.1, 0.15) is 5.82 Å². The molecule has 1 N–H and O–H groups in total. The standard InChI is InChI=1S/C24H22N8O/c1-2-3-8-20-27-23-21(25-13-14-26-23)24(33)32(20)15-16-9-11-17(12-10-16)18-6-4-5-7-19(18)22-28-30-31-29-22/h4-7,9-14H,2-3,8,15H2,1H3,(H,28,29,30,31). The average molecular weight is 438 g/mol. The summed E-state index contributed by atoms with van der Waals surface area (Å²) in [5.74, 6) is 1.28. The Bertz CT molecular complexity index is 1440. The van der Waals surface area contributed by atoms with E-state index in [-0.39, 0.29) is 5.56 Å². The van der Waals surface area contributed by atoms with Crippen molar-refractivity contribution in [3.8, 4) is 22.5 Å². The lowest BCUT2D eigenvalue weighted by Gasteiger charge is -2.13. The number of tetrazole rings is 1. The molecule has 0 saturated heterocycles. The number of H-pyrrole nitrogens is 1. The van der Waals surface area contributed by atoms with Gasteiger partial charge in [-0.3, -0.25) is 9.36 Å². The van der Waals surface area contributed by atoms with Gasteiger partial charge in [0.05, 0.1) is 6.54 Å². The smallest absolute Gasteiger partial charge is 0.282 e. The minimum Gasteiger partial charge on any atom is -0.290 e. The number of aryl methyl sites for hydroxylation is 1. The van der Waals surface area contributed by atoms with Crippen LogP contribution in [0.4, 0.5) is 0 Å². The van der Waals surface area contributed by atoms with E-state index in [2.05, 4.69) is 42.5 Å². The van der Waals surface area contributed by atoms with E-state index in [9.17, 15) is 4.79 Å². The Morgan fingerprint density at radius 2 is 1.76 bits per heavy atom. The van der Waals surface area contributed by atoms with Crippen LogP contribution in [0.25, 0.3) is 33.7 Å². The van der Waals surface area contributed by atoms with Crippen LogP contribution in [0.2, 0.25) is 0 Å². The number of fused-ring (bicyclic) bond motifs is 1. The number of hydrogen-bond acceptors (Lipinski definition) is 7. The Balaban J connectivity index is 1.50. The fourth-order valence-corrected chi connectivity index (χ4v) is 3.86. The molecule has 0 aliphatic heterocycles. The fraction of sp³-hybridized carbons (Fsp3) is 0.208. The lowest BCUT2D eigenvalue weighted by Crippen LogP contribution is -2.27. The van der Waals surface area contributed by atoms with Gasteiger partial charge in [0.15, 0.2) is 11.2 Å². The molecule has 0 atom stereocenters. The van der Waals surface area contributed by atoms with Crippen LogP contribution in [0.15, 0.2) is 65.7 Å². The average Bonchev–Trinajstić information content (AvgIpc) is 3.40. The van der Waals surface area contributed by atoms with Gasteiger partial charge in [0.25, 0.3) is 5.56 Å². The molecule has 3 heterocycles. The van der Waals surface area contributed by atoms with Gasteiger partial charge in [-0.15, -0.1) is 10.2 Å². The number of rotatable bonds is 7. The van der Waals surface area contributed by atoms with Crippen molar-refractivity contribution in [3.05, 3.63) is 82.7 Å². The molecule has 33 heavy (non-hydrogen) atoms. The molecule has 5 aromatic rings. The van der Waals surface area contributed by atoms with Crippen molar-refractivity contribution < 1.29 is 0 Å². The van der Waals surface area contributed by atoms with E-state index in [0.717, 1.165) is 40.9 Å². The molecule has 0 amide bonds. The van der Waals surface area contributed by atoms with E-state index in [1.54, 1.807) is 10.8 Å². The third kappa shape index (κ3) is 4.12. The zero-order chi connectivity index (χ0) is 22.6. The highest BCUT2D eigenvalue weighted by Gasteiger charge is 2.14. The molecule has 0 aliphatic carbocycles. The van der Waals surface area contributed by atoms with Crippen LogP contribution in [0.5, 0.6) is 0 Å². The van der Waals surface area contributed by atoms with Gasteiger partial charge in [0, 0.05) is 24.4 Å². The van der Waals surface area contributed by atoms with Gasteiger partial charge in [-0.25, -0.2) is 15.0 Å². The Morgan fingerprint density at radius 3 is 2.52 bits per heavy atom. The maximum atomic E-state index is 13.2. The SMILES string of the molecule is CCCCc1nc2nccnc2c(=O)n1Cc1ccc(-c2ccccc2-c2nn[nH]n2)cc1. The molecule has 0 unspecified atom stereocenters. The first-order valence-corrected chi connectivity index (χ1v) is 10.9. The van der Waals surface area contributed by atoms with Crippen molar-refractivity contribution >= 4 is 11.2 Å². The molecular weight excluding hydrogens is 416 g/mol. The highest BCUT2D eigenvalue weighted by molar-refractivity contribution is 5.80. The summed E-state index contributed by atoms with van der Waals surface area (Å²) in [6.07, 6.45) is 5.77. The summed E-state index contributed by atoms with van der Waals surface area (Å²) < 4.78 is 1.72. The maximum absolute atomic E-state index is 13.2. The first-order chi connectivity index (χ1) is 16.2. The van der Waals surface area contributed by atoms with Crippen LogP contribution >= 0.6 is 0 Å². The van der Waals surface area contributed by atoms with Gasteiger partial charge in [-0.2, -0.15) is 5.21 Å². The summed E-state index contributed by atoms with van der Waals surface area (Å²) in [5.41, 5.74) is 4.47. The van der Waals surface area contributed by atoms with Crippen LogP contribution in [0.1, 0.15) is 31.2 Å². The maximum Gasteiger partial charge on any atom is 0.282 e. The molecule has 0 saturated carbocycles. The lowest BCUT2D eigenvalue weighted by molar-refractivity contribution is 0.643. The lowest BCUT2D eigenvalue weighted by atomic mass is 9.98. The van der Waals surface area contributed by atoms with Crippen LogP contribution in [-0.4, -0.2) is 40.1 Å². The van der Waals surface area contributed by atoms with Crippen molar-refractivity contribution in [1.82, 2.24) is 40.1 Å². The number of nitrogens with one attached hydrogen (secondary N) is 1. The highest BCUT2D eigenvalue weighted by Crippen LogP contribution is 2.29. The number of hydrogen-bond donors (Lipinski definition) is 1. The molecule has 0 spiro atoms. The van der Waals surface area contributed by atoms with E-state index in [1.165, 1.54) is 6.20 Å². The first-order valence-electron chi connectivity index (χ1n) is 10.9. The number of unbranched alkanes of at least 4 members (excludes halogenated alkanes) is 1. The van der Waals surface area contributed by atoms with Gasteiger partial charge in [-0.05, 0) is 28.3 Å². The second-order valence-corrected chi connectivity index (χ2v) is 7.73. The van der Waals surface area contributed by atoms with Gasteiger partial charge >= 0.3 is 0 Å². The molecule has 164 valence electrons. The predicted molar refractivity (Wildman–Crippen MR) is 124 cm³/mol. The fourth-order valence-electron chi connectivity index (χ4n) is 3.86. The molecule has 9 nitrogen and oxygen atoms in total. The minimum atomic E-state index is -0.161. The minimum absolute atomic E-state index is 0.161. The van der Waals surface area contributed by atoms with Crippen molar-refractivity contribution in [2.75, 3.05) is 0 Å². The molecule has 0 bridgehead atoms. The number of aromatic nitrogens is 8. The molecule has 5 rings (SSSR count). The molecule has 0 radical (unpaired) electrons. The van der Waals surface area contributed by atoms with Crippen LogP contribution in [-0.2, 0) is 13.0 Å². The van der Waals surface area contributed by atoms with Gasteiger partial charge < -0.3 is 0 Å². The molecule has 2 aromatic carbocycles. The van der Waals surface area contributed by atoms with Crippen molar-refractivity contribution in [2.45, 2.75) is 32.7 Å². The zero-order valence-corrected chi connectivity index (χ0v) is 18.1. The van der Waals surface area contributed by atoms with Crippen molar-refractivity contribution in [2.24, 2.45) is 0 Å². The molecule has 9 heteroatoms. The Morgan fingerprint density at radius 1 is 0.970 bits per heavy atom. The van der Waals surface area contributed by atoms with Crippen LogP contribution in [0.3, 0.4) is 0 Å². The summed E-state index contributed by atoms with van der Waals surface area (Å²) in [6.45, 7) is 2.54. The second kappa shape index (κ2) is 9.07. The summed E-state index contributed by atoms with van der Waals surface area (Å²) in [7, 11) is 0. The second-order valence-electron chi connectivity index (χ2n) is 7.73. The summed E-state index contributed by atoms with van der Waals surface area (Å²) >= 11 is 0. The molecule has 0 fully saturated rings. The summed E-state index contributed by atoms with van der Waals surface area (Å²) in [6, 6.07) is 16.1. The normalized spacial score (nSPS) is 11.2. The van der Waals surface area contributed by atoms with Crippen LogP contribution in [0, 0.1) is 0 Å². The van der Waals surface area contributed by atoms with E-state index in [0.29, 0.717) is 30.0 Å². The zero-order valence-electron chi connectivity index (χ0n) is 18.1. The summed E-state index contributed by atoms with van der Waals surface area (Å²) in [4.78, 5) is 26.3. The third-order valence-electron chi connectivity index (χ3n) is 5.55. The number of nitrogens with zero attached hydrogens (tertiary/aromatic N) is 7. The number of aromatic amines is 1.